The molecule has 0 saturated carbocycles. The second kappa shape index (κ2) is 9.07. The van der Waals surface area contributed by atoms with Gasteiger partial charge in [0.1, 0.15) is 18.1 Å². The molecule has 6 heteroatoms. The Morgan fingerprint density at radius 2 is 1.91 bits per heavy atom. The predicted octanol–water partition coefficient (Wildman–Crippen LogP) is 4.94. The van der Waals surface area contributed by atoms with E-state index in [4.69, 9.17) is 9.47 Å². The number of carbonyl (C=O) groups excluding carboxylic acids is 2. The van der Waals surface area contributed by atoms with E-state index in [1.807, 2.05) is 38.1 Å². The standard InChI is InChI=1S/C26H32N2O4/c1-7-14-28-21-15-19(10-13-22(21)32-17-26(5,6)24(28)30)27-23(29)16-31-20-11-8-18(9-12-20)25(2,3)4/h7-13,15H,1,14,16-17H2,2-6H3,(H,27,29). The van der Waals surface area contributed by atoms with Crippen molar-refractivity contribution in [1.29, 1.82) is 0 Å². The Balaban J connectivity index is 1.69. The van der Waals surface area contributed by atoms with Crippen LogP contribution in [0.15, 0.2) is 55.1 Å². The van der Waals surface area contributed by atoms with Gasteiger partial charge in [-0.2, -0.15) is 0 Å². The molecule has 170 valence electrons. The fourth-order valence-electron chi connectivity index (χ4n) is 3.43. The monoisotopic (exact) mass is 436 g/mol. The zero-order chi connectivity index (χ0) is 23.5. The quantitative estimate of drug-likeness (QED) is 0.652. The molecule has 0 aromatic heterocycles. The minimum Gasteiger partial charge on any atom is -0.490 e. The van der Waals surface area contributed by atoms with Gasteiger partial charge in [0.2, 0.25) is 5.91 Å². The number of nitrogens with zero attached hydrogens (tertiary/aromatic N) is 1. The summed E-state index contributed by atoms with van der Waals surface area (Å²) in [7, 11) is 0. The Labute approximate surface area is 190 Å². The average Bonchev–Trinajstić information content (AvgIpc) is 2.82. The largest absolute Gasteiger partial charge is 0.490 e. The van der Waals surface area contributed by atoms with Crippen molar-refractivity contribution in [3.63, 3.8) is 0 Å². The number of nitrogens with one attached hydrogen (secondary N) is 1. The highest BCUT2D eigenvalue weighted by Crippen LogP contribution is 2.38. The molecular weight excluding hydrogens is 404 g/mol. The second-order valence-corrected chi connectivity index (χ2v) is 9.67. The summed E-state index contributed by atoms with van der Waals surface area (Å²) in [5.74, 6) is 0.885. The highest BCUT2D eigenvalue weighted by molar-refractivity contribution is 6.01. The minimum absolute atomic E-state index is 0.0540. The fourth-order valence-corrected chi connectivity index (χ4v) is 3.43. The number of amides is 2. The molecule has 3 rings (SSSR count). The number of hydrogen-bond donors (Lipinski definition) is 1. The molecule has 0 saturated heterocycles. The second-order valence-electron chi connectivity index (χ2n) is 9.67. The van der Waals surface area contributed by atoms with E-state index >= 15 is 0 Å². The van der Waals surface area contributed by atoms with Gasteiger partial charge in [-0.15, -0.1) is 6.58 Å². The van der Waals surface area contributed by atoms with Crippen LogP contribution in [-0.4, -0.2) is 31.6 Å². The molecule has 1 N–H and O–H groups in total. The van der Waals surface area contributed by atoms with Crippen LogP contribution in [0, 0.1) is 5.41 Å². The van der Waals surface area contributed by atoms with Gasteiger partial charge in [-0.25, -0.2) is 0 Å². The first kappa shape index (κ1) is 23.4. The lowest BCUT2D eigenvalue weighted by atomic mass is 9.87. The molecule has 1 heterocycles. The first-order chi connectivity index (χ1) is 15.0. The highest BCUT2D eigenvalue weighted by Gasteiger charge is 2.37. The van der Waals surface area contributed by atoms with Gasteiger partial charge in [-0.1, -0.05) is 39.0 Å². The zero-order valence-corrected chi connectivity index (χ0v) is 19.5. The van der Waals surface area contributed by atoms with Gasteiger partial charge in [0, 0.05) is 12.2 Å². The molecule has 0 fully saturated rings. The van der Waals surface area contributed by atoms with E-state index in [9.17, 15) is 9.59 Å². The van der Waals surface area contributed by atoms with Gasteiger partial charge in [-0.05, 0) is 55.2 Å². The number of anilines is 2. The number of hydrogen-bond acceptors (Lipinski definition) is 4. The maximum atomic E-state index is 13.0. The number of benzene rings is 2. The lowest BCUT2D eigenvalue weighted by molar-refractivity contribution is -0.127. The topological polar surface area (TPSA) is 67.9 Å². The van der Waals surface area contributed by atoms with E-state index in [1.165, 1.54) is 5.56 Å². The van der Waals surface area contributed by atoms with Crippen LogP contribution in [0.2, 0.25) is 0 Å². The lowest BCUT2D eigenvalue weighted by Gasteiger charge is -2.27. The van der Waals surface area contributed by atoms with Crippen LogP contribution < -0.4 is 19.7 Å². The van der Waals surface area contributed by atoms with Crippen LogP contribution in [-0.2, 0) is 15.0 Å². The normalized spacial score (nSPS) is 15.3. The van der Waals surface area contributed by atoms with Crippen molar-refractivity contribution in [1.82, 2.24) is 0 Å². The maximum Gasteiger partial charge on any atom is 0.262 e. The zero-order valence-electron chi connectivity index (χ0n) is 19.5. The van der Waals surface area contributed by atoms with Gasteiger partial charge < -0.3 is 19.7 Å². The number of rotatable bonds is 6. The van der Waals surface area contributed by atoms with E-state index in [0.29, 0.717) is 29.4 Å². The third-order valence-electron chi connectivity index (χ3n) is 5.35. The number of ether oxygens (including phenoxy) is 2. The number of carbonyl (C=O) groups is 2. The van der Waals surface area contributed by atoms with Crippen LogP contribution in [0.4, 0.5) is 11.4 Å². The van der Waals surface area contributed by atoms with Crippen molar-refractivity contribution in [2.45, 2.75) is 40.0 Å². The summed E-state index contributed by atoms with van der Waals surface area (Å²) < 4.78 is 11.5. The van der Waals surface area contributed by atoms with Gasteiger partial charge in [-0.3, -0.25) is 9.59 Å². The van der Waals surface area contributed by atoms with Crippen molar-refractivity contribution >= 4 is 23.2 Å². The van der Waals surface area contributed by atoms with E-state index < -0.39 is 5.41 Å². The Morgan fingerprint density at radius 3 is 2.53 bits per heavy atom. The van der Waals surface area contributed by atoms with Crippen LogP contribution in [0.25, 0.3) is 0 Å². The molecule has 2 aromatic carbocycles. The Bertz CT molecular complexity index is 1000. The summed E-state index contributed by atoms with van der Waals surface area (Å²) in [5.41, 5.74) is 1.76. The van der Waals surface area contributed by atoms with Crippen LogP contribution in [0.3, 0.4) is 0 Å². The highest BCUT2D eigenvalue weighted by atomic mass is 16.5. The minimum atomic E-state index is -0.665. The van der Waals surface area contributed by atoms with Gasteiger partial charge in [0.05, 0.1) is 11.1 Å². The molecule has 0 radical (unpaired) electrons. The predicted molar refractivity (Wildman–Crippen MR) is 128 cm³/mol. The first-order valence-electron chi connectivity index (χ1n) is 10.7. The van der Waals surface area contributed by atoms with E-state index in [-0.39, 0.29) is 30.4 Å². The molecule has 0 spiro atoms. The molecular formula is C26H32N2O4. The molecule has 2 aromatic rings. The molecule has 0 unspecified atom stereocenters. The molecule has 1 aliphatic heterocycles. The number of fused-ring (bicyclic) bond motifs is 1. The summed E-state index contributed by atoms with van der Waals surface area (Å²) in [6, 6.07) is 13.0. The fraction of sp³-hybridized carbons (Fsp3) is 0.385. The Hall–Kier alpha value is -3.28. The molecule has 0 aliphatic carbocycles. The van der Waals surface area contributed by atoms with Crippen molar-refractivity contribution in [3.05, 3.63) is 60.7 Å². The van der Waals surface area contributed by atoms with Gasteiger partial charge in [0.15, 0.2) is 6.61 Å². The summed E-state index contributed by atoms with van der Waals surface area (Å²) in [5, 5.41) is 2.83. The van der Waals surface area contributed by atoms with Crippen molar-refractivity contribution < 1.29 is 19.1 Å². The van der Waals surface area contributed by atoms with Crippen LogP contribution >= 0.6 is 0 Å². The third-order valence-corrected chi connectivity index (χ3v) is 5.35. The van der Waals surface area contributed by atoms with Gasteiger partial charge in [0.25, 0.3) is 5.91 Å². The average molecular weight is 437 g/mol. The Kier molecular flexibility index (Phi) is 6.63. The van der Waals surface area contributed by atoms with Gasteiger partial charge >= 0.3 is 0 Å². The third kappa shape index (κ3) is 5.31. The first-order valence-corrected chi connectivity index (χ1v) is 10.7. The molecule has 0 bridgehead atoms. The van der Waals surface area contributed by atoms with E-state index in [1.54, 1.807) is 29.2 Å². The summed E-state index contributed by atoms with van der Waals surface area (Å²) in [4.78, 5) is 27.1. The van der Waals surface area contributed by atoms with Crippen LogP contribution in [0.1, 0.15) is 40.2 Å². The molecule has 0 atom stereocenters. The molecule has 6 nitrogen and oxygen atoms in total. The lowest BCUT2D eigenvalue weighted by Crippen LogP contribution is -2.42. The molecule has 1 aliphatic rings. The molecule has 2 amide bonds. The van der Waals surface area contributed by atoms with E-state index in [2.05, 4.69) is 32.7 Å². The maximum absolute atomic E-state index is 13.0. The van der Waals surface area contributed by atoms with Crippen molar-refractivity contribution in [2.75, 3.05) is 30.0 Å². The summed E-state index contributed by atoms with van der Waals surface area (Å²) in [6.07, 6.45) is 1.67. The van der Waals surface area contributed by atoms with Crippen molar-refractivity contribution in [3.8, 4) is 11.5 Å². The smallest absolute Gasteiger partial charge is 0.262 e. The summed E-state index contributed by atoms with van der Waals surface area (Å²) >= 11 is 0. The Morgan fingerprint density at radius 1 is 1.22 bits per heavy atom. The summed E-state index contributed by atoms with van der Waals surface area (Å²) in [6.45, 7) is 14.4. The van der Waals surface area contributed by atoms with Crippen LogP contribution in [0.5, 0.6) is 11.5 Å². The molecule has 32 heavy (non-hydrogen) atoms. The van der Waals surface area contributed by atoms with E-state index in [0.717, 1.165) is 0 Å². The SMILES string of the molecule is C=CCN1C(=O)C(C)(C)COc2ccc(NC(=O)COc3ccc(C(C)(C)C)cc3)cc21. The van der Waals surface area contributed by atoms with Crippen molar-refractivity contribution in [2.24, 2.45) is 5.41 Å².